The van der Waals surface area contributed by atoms with Gasteiger partial charge >= 0.3 is 0 Å². The summed E-state index contributed by atoms with van der Waals surface area (Å²) in [5.41, 5.74) is 0.602. The lowest BCUT2D eigenvalue weighted by molar-refractivity contribution is 0.102. The van der Waals surface area contributed by atoms with E-state index in [4.69, 9.17) is 0 Å². The highest BCUT2D eigenvalue weighted by Gasteiger charge is 2.10. The molecule has 0 fully saturated rings. The maximum absolute atomic E-state index is 12.0. The van der Waals surface area contributed by atoms with Gasteiger partial charge in [0, 0.05) is 22.0 Å². The molecule has 0 unspecified atom stereocenters. The number of carbonyl (C=O) groups excluding carboxylic acids is 1. The quantitative estimate of drug-likeness (QED) is 0.792. The molecule has 0 saturated heterocycles. The number of hydrogen-bond acceptors (Lipinski definition) is 5. The molecular formula is C15H11N3OS2. The summed E-state index contributed by atoms with van der Waals surface area (Å²) in [6.07, 6.45) is 0. The summed E-state index contributed by atoms with van der Waals surface area (Å²) in [5, 5.41) is 3.89. The summed E-state index contributed by atoms with van der Waals surface area (Å²) in [7, 11) is 0. The van der Waals surface area contributed by atoms with Crippen molar-refractivity contribution in [3.05, 3.63) is 66.2 Å². The summed E-state index contributed by atoms with van der Waals surface area (Å²) < 4.78 is 4.24. The van der Waals surface area contributed by atoms with Gasteiger partial charge in [-0.1, -0.05) is 36.4 Å². The Morgan fingerprint density at radius 1 is 1.00 bits per heavy atom. The highest BCUT2D eigenvalue weighted by atomic mass is 32.2. The molecule has 0 atom stereocenters. The van der Waals surface area contributed by atoms with Crippen LogP contribution in [0, 0.1) is 0 Å². The zero-order valence-electron chi connectivity index (χ0n) is 10.9. The van der Waals surface area contributed by atoms with Crippen molar-refractivity contribution in [2.24, 2.45) is 0 Å². The van der Waals surface area contributed by atoms with Crippen molar-refractivity contribution >= 4 is 34.3 Å². The summed E-state index contributed by atoms with van der Waals surface area (Å²) in [4.78, 5) is 17.4. The van der Waals surface area contributed by atoms with Crippen molar-refractivity contribution in [1.29, 1.82) is 0 Å². The van der Waals surface area contributed by atoms with Crippen LogP contribution < -0.4 is 5.32 Å². The van der Waals surface area contributed by atoms with E-state index >= 15 is 0 Å². The van der Waals surface area contributed by atoms with Gasteiger partial charge < -0.3 is 0 Å². The van der Waals surface area contributed by atoms with Crippen molar-refractivity contribution in [3.63, 3.8) is 0 Å². The summed E-state index contributed by atoms with van der Waals surface area (Å²) in [5.74, 6) is -0.178. The largest absolute Gasteiger partial charge is 0.297 e. The Morgan fingerprint density at radius 3 is 2.38 bits per heavy atom. The summed E-state index contributed by atoms with van der Waals surface area (Å²) in [6.45, 7) is 0. The molecule has 3 aromatic rings. The maximum atomic E-state index is 12.0. The molecule has 0 radical (unpaired) electrons. The summed E-state index contributed by atoms with van der Waals surface area (Å²) in [6, 6.07) is 18.9. The number of benzene rings is 2. The molecule has 0 aliphatic carbocycles. The fraction of sp³-hybridized carbons (Fsp3) is 0. The maximum Gasteiger partial charge on any atom is 0.257 e. The molecule has 0 aliphatic heterocycles. The van der Waals surface area contributed by atoms with Crippen LogP contribution >= 0.6 is 23.3 Å². The molecule has 1 aromatic heterocycles. The predicted molar refractivity (Wildman–Crippen MR) is 84.9 cm³/mol. The topological polar surface area (TPSA) is 54.9 Å². The van der Waals surface area contributed by atoms with Crippen LogP contribution in [-0.4, -0.2) is 15.3 Å². The molecule has 6 heteroatoms. The lowest BCUT2D eigenvalue weighted by atomic mass is 10.2. The molecule has 21 heavy (non-hydrogen) atoms. The standard InChI is InChI=1S/C15H11N3OS2/c19-13(11-7-3-1-4-8-11)16-14-17-15(18-21-14)20-12-9-5-2-6-10-12/h1-10H,(H,16,17,18,19). The van der Waals surface area contributed by atoms with Gasteiger partial charge in [-0.05, 0) is 36.0 Å². The monoisotopic (exact) mass is 313 g/mol. The molecule has 1 N–H and O–H groups in total. The number of carbonyl (C=O) groups is 1. The average molecular weight is 313 g/mol. The van der Waals surface area contributed by atoms with Crippen molar-refractivity contribution < 1.29 is 4.79 Å². The van der Waals surface area contributed by atoms with Crippen LogP contribution in [-0.2, 0) is 0 Å². The van der Waals surface area contributed by atoms with Crippen LogP contribution in [0.4, 0.5) is 5.13 Å². The minimum atomic E-state index is -0.178. The molecule has 0 spiro atoms. The van der Waals surface area contributed by atoms with Gasteiger partial charge in [0.25, 0.3) is 5.91 Å². The van der Waals surface area contributed by atoms with Crippen molar-refractivity contribution in [3.8, 4) is 0 Å². The third-order valence-electron chi connectivity index (χ3n) is 2.62. The number of aromatic nitrogens is 2. The normalized spacial score (nSPS) is 10.3. The molecule has 1 heterocycles. The molecule has 3 rings (SSSR count). The number of rotatable bonds is 4. The highest BCUT2D eigenvalue weighted by Crippen LogP contribution is 2.27. The van der Waals surface area contributed by atoms with E-state index in [0.29, 0.717) is 15.9 Å². The number of nitrogens with one attached hydrogen (secondary N) is 1. The Kier molecular flexibility index (Phi) is 4.28. The van der Waals surface area contributed by atoms with Crippen molar-refractivity contribution in [1.82, 2.24) is 9.36 Å². The minimum Gasteiger partial charge on any atom is -0.297 e. The highest BCUT2D eigenvalue weighted by molar-refractivity contribution is 7.99. The zero-order valence-corrected chi connectivity index (χ0v) is 12.5. The lowest BCUT2D eigenvalue weighted by Crippen LogP contribution is -2.11. The fourth-order valence-corrected chi connectivity index (χ4v) is 3.09. The van der Waals surface area contributed by atoms with Gasteiger partial charge in [-0.3, -0.25) is 10.1 Å². The van der Waals surface area contributed by atoms with Crippen LogP contribution in [0.25, 0.3) is 0 Å². The lowest BCUT2D eigenvalue weighted by Gasteiger charge is -2.00. The molecule has 0 aliphatic rings. The van der Waals surface area contributed by atoms with Crippen LogP contribution in [0.2, 0.25) is 0 Å². The van der Waals surface area contributed by atoms with E-state index in [1.807, 2.05) is 48.5 Å². The second kappa shape index (κ2) is 6.51. The first-order valence-electron chi connectivity index (χ1n) is 6.24. The Bertz CT molecular complexity index is 729. The molecule has 1 amide bonds. The van der Waals surface area contributed by atoms with E-state index < -0.39 is 0 Å². The van der Waals surface area contributed by atoms with E-state index in [1.165, 1.54) is 23.3 Å². The molecule has 0 saturated carbocycles. The van der Waals surface area contributed by atoms with E-state index in [1.54, 1.807) is 12.1 Å². The number of amides is 1. The number of nitrogens with zero attached hydrogens (tertiary/aromatic N) is 2. The van der Waals surface area contributed by atoms with Gasteiger partial charge in [0.1, 0.15) is 0 Å². The third-order valence-corrected chi connectivity index (χ3v) is 4.24. The first-order chi connectivity index (χ1) is 10.3. The van der Waals surface area contributed by atoms with Crippen LogP contribution in [0.1, 0.15) is 10.4 Å². The molecular weight excluding hydrogens is 302 g/mol. The predicted octanol–water partition coefficient (Wildman–Crippen LogP) is 3.94. The second-order valence-corrected chi connectivity index (χ2v) is 5.91. The first-order valence-corrected chi connectivity index (χ1v) is 7.83. The van der Waals surface area contributed by atoms with Crippen molar-refractivity contribution in [2.45, 2.75) is 10.1 Å². The molecule has 104 valence electrons. The van der Waals surface area contributed by atoms with E-state index in [9.17, 15) is 4.79 Å². The fourth-order valence-electron chi connectivity index (χ4n) is 1.65. The number of hydrogen-bond donors (Lipinski definition) is 1. The zero-order chi connectivity index (χ0) is 14.5. The van der Waals surface area contributed by atoms with Crippen LogP contribution in [0.3, 0.4) is 0 Å². The van der Waals surface area contributed by atoms with Gasteiger partial charge in [-0.25, -0.2) is 0 Å². The second-order valence-electron chi connectivity index (χ2n) is 4.12. The average Bonchev–Trinajstić information content (AvgIpc) is 2.96. The van der Waals surface area contributed by atoms with Gasteiger partial charge in [-0.15, -0.1) is 0 Å². The number of anilines is 1. The summed E-state index contributed by atoms with van der Waals surface area (Å²) >= 11 is 2.65. The Balaban J connectivity index is 1.67. The minimum absolute atomic E-state index is 0.178. The smallest absolute Gasteiger partial charge is 0.257 e. The van der Waals surface area contributed by atoms with E-state index in [-0.39, 0.29) is 5.91 Å². The van der Waals surface area contributed by atoms with Gasteiger partial charge in [0.2, 0.25) is 10.3 Å². The SMILES string of the molecule is O=C(Nc1nc(Sc2ccccc2)ns1)c1ccccc1. The van der Waals surface area contributed by atoms with Crippen LogP contribution in [0.5, 0.6) is 0 Å². The van der Waals surface area contributed by atoms with Gasteiger partial charge in [-0.2, -0.15) is 9.36 Å². The van der Waals surface area contributed by atoms with E-state index in [2.05, 4.69) is 14.7 Å². The van der Waals surface area contributed by atoms with Crippen LogP contribution in [0.15, 0.2) is 70.7 Å². The van der Waals surface area contributed by atoms with E-state index in [0.717, 1.165) is 4.90 Å². The molecule has 4 nitrogen and oxygen atoms in total. The Morgan fingerprint density at radius 2 is 1.67 bits per heavy atom. The third kappa shape index (κ3) is 3.68. The Labute approximate surface area is 130 Å². The molecule has 0 bridgehead atoms. The van der Waals surface area contributed by atoms with Gasteiger partial charge in [0.05, 0.1) is 0 Å². The molecule has 2 aromatic carbocycles. The van der Waals surface area contributed by atoms with Gasteiger partial charge in [0.15, 0.2) is 0 Å². The Hall–Kier alpha value is -2.18. The first kappa shape index (κ1) is 13.8. The van der Waals surface area contributed by atoms with Crippen molar-refractivity contribution in [2.75, 3.05) is 5.32 Å².